The van der Waals surface area contributed by atoms with Gasteiger partial charge in [-0.15, -0.1) is 0 Å². The molecular formula is C21H24N6O2. The number of benzene rings is 1. The van der Waals surface area contributed by atoms with Crippen molar-refractivity contribution in [3.8, 4) is 11.3 Å². The highest BCUT2D eigenvalue weighted by Crippen LogP contribution is 2.36. The van der Waals surface area contributed by atoms with Gasteiger partial charge in [-0.3, -0.25) is 9.48 Å². The average Bonchev–Trinajstić information content (AvgIpc) is 3.12. The minimum atomic E-state index is 0.0921. The summed E-state index contributed by atoms with van der Waals surface area (Å²) in [5.74, 6) is 0.349. The number of aromatic nitrogens is 4. The highest BCUT2D eigenvalue weighted by Gasteiger charge is 2.30. The molecule has 1 saturated heterocycles. The molecule has 1 amide bonds. The highest BCUT2D eigenvalue weighted by molar-refractivity contribution is 5.94. The zero-order valence-corrected chi connectivity index (χ0v) is 16.5. The van der Waals surface area contributed by atoms with Crippen LogP contribution >= 0.6 is 0 Å². The quantitative estimate of drug-likeness (QED) is 0.719. The van der Waals surface area contributed by atoms with Gasteiger partial charge < -0.3 is 15.4 Å². The van der Waals surface area contributed by atoms with Crippen molar-refractivity contribution in [2.24, 2.45) is 0 Å². The normalized spacial score (nSPS) is 17.5. The van der Waals surface area contributed by atoms with Gasteiger partial charge in [0.1, 0.15) is 0 Å². The lowest BCUT2D eigenvalue weighted by Gasteiger charge is -2.29. The standard InChI is InChI=1S/C21H24N6O2/c1-13(28)26-8-5-19-17(12-26)20(25-27(19)14-6-9-29-10-7-14)15-3-2-4-18-16(15)11-23-21(22)24-18/h2-4,11,14H,5-10,12H2,1H3,(H2,22,23,24). The Hall–Kier alpha value is -3.00. The summed E-state index contributed by atoms with van der Waals surface area (Å²) in [5, 5.41) is 6.01. The molecule has 2 aliphatic heterocycles. The lowest BCUT2D eigenvalue weighted by atomic mass is 9.98. The molecule has 5 rings (SSSR count). The van der Waals surface area contributed by atoms with Gasteiger partial charge >= 0.3 is 0 Å². The fraction of sp³-hybridized carbons (Fsp3) is 0.429. The Bertz CT molecular complexity index is 1090. The Labute approximate surface area is 168 Å². The molecule has 0 radical (unpaired) electrons. The first-order valence-corrected chi connectivity index (χ1v) is 10.1. The zero-order valence-electron chi connectivity index (χ0n) is 16.5. The number of carbonyl (C=O) groups is 1. The summed E-state index contributed by atoms with van der Waals surface area (Å²) >= 11 is 0. The van der Waals surface area contributed by atoms with Crippen molar-refractivity contribution in [2.45, 2.75) is 38.8 Å². The highest BCUT2D eigenvalue weighted by atomic mass is 16.5. The molecule has 29 heavy (non-hydrogen) atoms. The number of anilines is 1. The van der Waals surface area contributed by atoms with Crippen LogP contribution in [0.4, 0.5) is 5.95 Å². The molecule has 2 N–H and O–H groups in total. The van der Waals surface area contributed by atoms with Gasteiger partial charge in [0.25, 0.3) is 0 Å². The van der Waals surface area contributed by atoms with Crippen LogP contribution in [0.3, 0.4) is 0 Å². The van der Waals surface area contributed by atoms with E-state index in [-0.39, 0.29) is 11.9 Å². The van der Waals surface area contributed by atoms with E-state index in [1.807, 2.05) is 23.1 Å². The van der Waals surface area contributed by atoms with Gasteiger partial charge in [0.05, 0.1) is 17.3 Å². The SMILES string of the molecule is CC(=O)N1CCc2c(c(-c3cccc4nc(N)ncc34)nn2C2CCOCC2)C1. The van der Waals surface area contributed by atoms with Crippen molar-refractivity contribution in [2.75, 3.05) is 25.5 Å². The van der Waals surface area contributed by atoms with Crippen molar-refractivity contribution in [1.82, 2.24) is 24.6 Å². The molecule has 0 bridgehead atoms. The van der Waals surface area contributed by atoms with Crippen LogP contribution in [0.1, 0.15) is 37.1 Å². The lowest BCUT2D eigenvalue weighted by Crippen LogP contribution is -2.35. The third-order valence-electron chi connectivity index (χ3n) is 5.97. The maximum atomic E-state index is 12.1. The van der Waals surface area contributed by atoms with Crippen LogP contribution in [0.25, 0.3) is 22.2 Å². The van der Waals surface area contributed by atoms with Gasteiger partial charge in [0, 0.05) is 68.1 Å². The second-order valence-corrected chi connectivity index (χ2v) is 7.72. The topological polar surface area (TPSA) is 99.2 Å². The largest absolute Gasteiger partial charge is 0.381 e. The number of nitrogens with two attached hydrogens (primary N) is 1. The van der Waals surface area contributed by atoms with Crippen molar-refractivity contribution in [3.63, 3.8) is 0 Å². The molecule has 1 fully saturated rings. The number of ether oxygens (including phenoxy) is 1. The first-order valence-electron chi connectivity index (χ1n) is 10.1. The van der Waals surface area contributed by atoms with Crippen molar-refractivity contribution < 1.29 is 9.53 Å². The predicted molar refractivity (Wildman–Crippen MR) is 109 cm³/mol. The third-order valence-corrected chi connectivity index (χ3v) is 5.97. The Balaban J connectivity index is 1.68. The number of hydrogen-bond acceptors (Lipinski definition) is 6. The molecule has 2 aliphatic rings. The van der Waals surface area contributed by atoms with E-state index in [0.717, 1.165) is 66.7 Å². The smallest absolute Gasteiger partial charge is 0.220 e. The minimum Gasteiger partial charge on any atom is -0.381 e. The number of nitrogen functional groups attached to an aromatic ring is 1. The van der Waals surface area contributed by atoms with Gasteiger partial charge in [0.15, 0.2) is 0 Å². The van der Waals surface area contributed by atoms with Crippen LogP contribution in [0.15, 0.2) is 24.4 Å². The van der Waals surface area contributed by atoms with Gasteiger partial charge in [-0.2, -0.15) is 5.10 Å². The zero-order chi connectivity index (χ0) is 20.0. The number of rotatable bonds is 2. The van der Waals surface area contributed by atoms with Gasteiger partial charge in [-0.25, -0.2) is 9.97 Å². The Morgan fingerprint density at radius 1 is 1.28 bits per heavy atom. The maximum absolute atomic E-state index is 12.1. The fourth-order valence-corrected chi connectivity index (χ4v) is 4.44. The molecule has 0 aliphatic carbocycles. The summed E-state index contributed by atoms with van der Waals surface area (Å²) in [6.45, 7) is 4.45. The summed E-state index contributed by atoms with van der Waals surface area (Å²) in [4.78, 5) is 22.5. The van der Waals surface area contributed by atoms with Crippen LogP contribution in [0.5, 0.6) is 0 Å². The summed E-state index contributed by atoms with van der Waals surface area (Å²) in [6, 6.07) is 6.28. The van der Waals surface area contributed by atoms with E-state index in [2.05, 4.69) is 14.6 Å². The van der Waals surface area contributed by atoms with Crippen LogP contribution < -0.4 is 5.73 Å². The molecule has 150 valence electrons. The molecule has 0 atom stereocenters. The first kappa shape index (κ1) is 18.1. The van der Waals surface area contributed by atoms with Crippen molar-refractivity contribution >= 4 is 22.8 Å². The Morgan fingerprint density at radius 3 is 2.90 bits per heavy atom. The van der Waals surface area contributed by atoms with Crippen LogP contribution in [0, 0.1) is 0 Å². The molecule has 4 heterocycles. The second kappa shape index (κ2) is 7.11. The maximum Gasteiger partial charge on any atom is 0.220 e. The minimum absolute atomic E-state index is 0.0921. The number of fused-ring (bicyclic) bond motifs is 2. The Kier molecular flexibility index (Phi) is 4.43. The lowest BCUT2D eigenvalue weighted by molar-refractivity contribution is -0.129. The predicted octanol–water partition coefficient (Wildman–Crippen LogP) is 2.33. The Morgan fingerprint density at radius 2 is 2.10 bits per heavy atom. The van der Waals surface area contributed by atoms with E-state index in [1.165, 1.54) is 5.69 Å². The first-order chi connectivity index (χ1) is 14.1. The third kappa shape index (κ3) is 3.13. The van der Waals surface area contributed by atoms with E-state index in [9.17, 15) is 4.79 Å². The van der Waals surface area contributed by atoms with E-state index in [1.54, 1.807) is 13.1 Å². The van der Waals surface area contributed by atoms with Gasteiger partial charge in [0.2, 0.25) is 11.9 Å². The molecule has 3 aromatic rings. The average molecular weight is 392 g/mol. The van der Waals surface area contributed by atoms with Crippen molar-refractivity contribution in [1.29, 1.82) is 0 Å². The van der Waals surface area contributed by atoms with Crippen LogP contribution in [-0.2, 0) is 22.5 Å². The second-order valence-electron chi connectivity index (χ2n) is 7.72. The fourth-order valence-electron chi connectivity index (χ4n) is 4.44. The molecule has 0 unspecified atom stereocenters. The van der Waals surface area contributed by atoms with Gasteiger partial charge in [-0.1, -0.05) is 12.1 Å². The van der Waals surface area contributed by atoms with E-state index >= 15 is 0 Å². The van der Waals surface area contributed by atoms with Crippen LogP contribution in [0.2, 0.25) is 0 Å². The molecule has 0 saturated carbocycles. The number of carbonyl (C=O) groups excluding carboxylic acids is 1. The molecule has 1 aromatic carbocycles. The molecule has 8 nitrogen and oxygen atoms in total. The van der Waals surface area contributed by atoms with E-state index in [0.29, 0.717) is 12.6 Å². The van der Waals surface area contributed by atoms with E-state index in [4.69, 9.17) is 15.6 Å². The number of nitrogens with zero attached hydrogens (tertiary/aromatic N) is 5. The molecule has 2 aromatic heterocycles. The summed E-state index contributed by atoms with van der Waals surface area (Å²) in [5.41, 5.74) is 10.8. The summed E-state index contributed by atoms with van der Waals surface area (Å²) in [7, 11) is 0. The van der Waals surface area contributed by atoms with Crippen LogP contribution in [-0.4, -0.2) is 50.3 Å². The van der Waals surface area contributed by atoms with Gasteiger partial charge in [-0.05, 0) is 18.9 Å². The number of hydrogen-bond donors (Lipinski definition) is 1. The molecule has 8 heteroatoms. The molecular weight excluding hydrogens is 368 g/mol. The summed E-state index contributed by atoms with van der Waals surface area (Å²) < 4.78 is 7.75. The van der Waals surface area contributed by atoms with Crippen molar-refractivity contribution in [3.05, 3.63) is 35.7 Å². The molecule has 0 spiro atoms. The van der Waals surface area contributed by atoms with E-state index < -0.39 is 0 Å². The number of amides is 1. The summed E-state index contributed by atoms with van der Waals surface area (Å²) in [6.07, 6.45) is 4.49. The monoisotopic (exact) mass is 392 g/mol.